The number of carbonyl (C=O) groups is 2. The molecule has 1 saturated heterocycles. The normalized spacial score (nSPS) is 17.2. The molecule has 22 heavy (non-hydrogen) atoms. The van der Waals surface area contributed by atoms with Gasteiger partial charge in [-0.25, -0.2) is 0 Å². The lowest BCUT2D eigenvalue weighted by Crippen LogP contribution is -2.36. The maximum absolute atomic E-state index is 12.3. The van der Waals surface area contributed by atoms with Gasteiger partial charge in [0, 0.05) is 23.9 Å². The molecule has 1 aliphatic heterocycles. The maximum Gasteiger partial charge on any atom is 0.319 e. The van der Waals surface area contributed by atoms with Crippen LogP contribution in [0, 0.1) is 0 Å². The average Bonchev–Trinajstić information content (AvgIpc) is 3.02. The monoisotopic (exact) mass is 323 g/mol. The number of amides is 1. The van der Waals surface area contributed by atoms with Crippen LogP contribution in [0.25, 0.3) is 0 Å². The van der Waals surface area contributed by atoms with Crippen molar-refractivity contribution in [2.75, 3.05) is 18.8 Å². The van der Waals surface area contributed by atoms with Crippen LogP contribution in [0.2, 0.25) is 0 Å². The highest BCUT2D eigenvalue weighted by atomic mass is 32.2. The first-order valence-electron chi connectivity index (χ1n) is 7.49. The molecule has 0 aromatic heterocycles. The summed E-state index contributed by atoms with van der Waals surface area (Å²) in [7, 11) is -1.68. The molecule has 6 heteroatoms. The standard InChI is InChI=1S/C16H21NO4S/c18-15(17-10-4-5-11-17)12-22(21)14(16(19)20)9-8-13-6-2-1-3-7-13/h1-3,6-7,14H,4-5,8-12H2,(H,19,20). The first kappa shape index (κ1) is 16.7. The van der Waals surface area contributed by atoms with Gasteiger partial charge in [-0.1, -0.05) is 30.3 Å². The van der Waals surface area contributed by atoms with E-state index in [1.165, 1.54) is 0 Å². The van der Waals surface area contributed by atoms with Crippen molar-refractivity contribution in [1.82, 2.24) is 4.90 Å². The lowest BCUT2D eigenvalue weighted by molar-refractivity contribution is -0.136. The predicted molar refractivity (Wildman–Crippen MR) is 85.0 cm³/mol. The van der Waals surface area contributed by atoms with Gasteiger partial charge < -0.3 is 10.0 Å². The lowest BCUT2D eigenvalue weighted by Gasteiger charge is -2.17. The van der Waals surface area contributed by atoms with Crippen LogP contribution in [-0.4, -0.2) is 50.2 Å². The topological polar surface area (TPSA) is 74.7 Å². The summed E-state index contributed by atoms with van der Waals surface area (Å²) in [6.45, 7) is 1.38. The number of carboxylic acid groups (broad SMARTS) is 1. The summed E-state index contributed by atoms with van der Waals surface area (Å²) in [5, 5.41) is 8.29. The molecule has 1 amide bonds. The van der Waals surface area contributed by atoms with Gasteiger partial charge in [-0.15, -0.1) is 0 Å². The van der Waals surface area contributed by atoms with Gasteiger partial charge in [0.25, 0.3) is 0 Å². The van der Waals surface area contributed by atoms with E-state index in [0.717, 1.165) is 18.4 Å². The summed E-state index contributed by atoms with van der Waals surface area (Å²) in [5.74, 6) is -1.48. The van der Waals surface area contributed by atoms with Crippen molar-refractivity contribution < 1.29 is 18.9 Å². The third-order valence-electron chi connectivity index (χ3n) is 3.86. The summed E-state index contributed by atoms with van der Waals surface area (Å²) < 4.78 is 12.3. The maximum atomic E-state index is 12.3. The fourth-order valence-corrected chi connectivity index (χ4v) is 3.82. The Hall–Kier alpha value is -1.69. The lowest BCUT2D eigenvalue weighted by atomic mass is 10.1. The van der Waals surface area contributed by atoms with Gasteiger partial charge in [-0.05, 0) is 31.2 Å². The van der Waals surface area contributed by atoms with E-state index in [1.54, 1.807) is 4.90 Å². The molecule has 0 saturated carbocycles. The summed E-state index contributed by atoms with van der Waals surface area (Å²) in [5.41, 5.74) is 1.01. The zero-order chi connectivity index (χ0) is 15.9. The van der Waals surface area contributed by atoms with Crippen LogP contribution < -0.4 is 0 Å². The second kappa shape index (κ2) is 8.08. The minimum Gasteiger partial charge on any atom is -0.480 e. The van der Waals surface area contributed by atoms with Crippen molar-refractivity contribution in [3.63, 3.8) is 0 Å². The summed E-state index contributed by atoms with van der Waals surface area (Å²) in [6, 6.07) is 9.50. The third-order valence-corrected chi connectivity index (χ3v) is 5.46. The highest BCUT2D eigenvalue weighted by Gasteiger charge is 2.28. The Labute approximate surface area is 132 Å². The third kappa shape index (κ3) is 4.66. The molecule has 1 N–H and O–H groups in total. The molecular formula is C16H21NO4S. The van der Waals surface area contributed by atoms with Crippen molar-refractivity contribution >= 4 is 22.7 Å². The summed E-state index contributed by atoms with van der Waals surface area (Å²) in [4.78, 5) is 25.0. The Balaban J connectivity index is 1.90. The molecule has 1 fully saturated rings. The molecule has 1 heterocycles. The molecule has 0 spiro atoms. The Kier molecular flexibility index (Phi) is 6.12. The number of rotatable bonds is 7. The van der Waals surface area contributed by atoms with E-state index in [4.69, 9.17) is 0 Å². The van der Waals surface area contributed by atoms with Gasteiger partial charge in [0.2, 0.25) is 5.91 Å². The molecule has 1 aromatic rings. The highest BCUT2D eigenvalue weighted by Crippen LogP contribution is 2.13. The van der Waals surface area contributed by atoms with Gasteiger partial charge in [-0.3, -0.25) is 13.8 Å². The van der Waals surface area contributed by atoms with E-state index in [1.807, 2.05) is 30.3 Å². The van der Waals surface area contributed by atoms with Gasteiger partial charge in [-0.2, -0.15) is 0 Å². The molecule has 0 bridgehead atoms. The van der Waals surface area contributed by atoms with Crippen molar-refractivity contribution in [3.05, 3.63) is 35.9 Å². The SMILES string of the molecule is O=C(O)C(CCc1ccccc1)S(=O)CC(=O)N1CCCC1. The number of carboxylic acids is 1. The molecule has 0 aliphatic carbocycles. The van der Waals surface area contributed by atoms with Crippen LogP contribution in [0.1, 0.15) is 24.8 Å². The fourth-order valence-electron chi connectivity index (χ4n) is 2.59. The Morgan fingerprint density at radius 1 is 1.18 bits per heavy atom. The van der Waals surface area contributed by atoms with E-state index < -0.39 is 22.0 Å². The van der Waals surface area contributed by atoms with Gasteiger partial charge in [0.1, 0.15) is 11.0 Å². The Bertz CT molecular complexity index is 540. The first-order valence-corrected chi connectivity index (χ1v) is 8.88. The minimum absolute atomic E-state index is 0.189. The summed E-state index contributed by atoms with van der Waals surface area (Å²) >= 11 is 0. The minimum atomic E-state index is -1.68. The van der Waals surface area contributed by atoms with Crippen molar-refractivity contribution in [2.45, 2.75) is 30.9 Å². The van der Waals surface area contributed by atoms with Crippen molar-refractivity contribution in [3.8, 4) is 0 Å². The fraction of sp³-hybridized carbons (Fsp3) is 0.500. The van der Waals surface area contributed by atoms with E-state index in [-0.39, 0.29) is 18.1 Å². The van der Waals surface area contributed by atoms with Crippen molar-refractivity contribution in [2.24, 2.45) is 0 Å². The average molecular weight is 323 g/mol. The highest BCUT2D eigenvalue weighted by molar-refractivity contribution is 7.87. The van der Waals surface area contributed by atoms with Gasteiger partial charge in [0.05, 0.1) is 0 Å². The molecule has 0 radical (unpaired) electrons. The second-order valence-corrected chi connectivity index (χ2v) is 7.08. The molecule has 1 aliphatic rings. The molecule has 120 valence electrons. The first-order chi connectivity index (χ1) is 10.6. The Morgan fingerprint density at radius 2 is 1.82 bits per heavy atom. The molecule has 2 atom stereocenters. The molecular weight excluding hydrogens is 302 g/mol. The molecule has 2 rings (SSSR count). The molecule has 5 nitrogen and oxygen atoms in total. The Morgan fingerprint density at radius 3 is 2.41 bits per heavy atom. The van der Waals surface area contributed by atoms with Gasteiger partial charge in [0.15, 0.2) is 0 Å². The zero-order valence-corrected chi connectivity index (χ0v) is 13.3. The van der Waals surface area contributed by atoms with E-state index in [2.05, 4.69) is 0 Å². The quantitative estimate of drug-likeness (QED) is 0.824. The number of aliphatic carboxylic acids is 1. The number of likely N-dealkylation sites (tertiary alicyclic amines) is 1. The number of benzene rings is 1. The zero-order valence-electron chi connectivity index (χ0n) is 12.4. The van der Waals surface area contributed by atoms with Crippen LogP contribution in [0.5, 0.6) is 0 Å². The predicted octanol–water partition coefficient (Wildman–Crippen LogP) is 1.44. The van der Waals surface area contributed by atoms with Gasteiger partial charge >= 0.3 is 5.97 Å². The molecule has 1 aromatic carbocycles. The van der Waals surface area contributed by atoms with Crippen LogP contribution in [0.15, 0.2) is 30.3 Å². The van der Waals surface area contributed by atoms with Crippen LogP contribution in [0.3, 0.4) is 0 Å². The summed E-state index contributed by atoms with van der Waals surface area (Å²) in [6.07, 6.45) is 2.75. The molecule has 2 unspecified atom stereocenters. The van der Waals surface area contributed by atoms with E-state index in [9.17, 15) is 18.9 Å². The number of hydrogen-bond donors (Lipinski definition) is 1. The number of aryl methyl sites for hydroxylation is 1. The van der Waals surface area contributed by atoms with E-state index in [0.29, 0.717) is 19.5 Å². The smallest absolute Gasteiger partial charge is 0.319 e. The van der Waals surface area contributed by atoms with Crippen LogP contribution in [-0.2, 0) is 26.8 Å². The largest absolute Gasteiger partial charge is 0.480 e. The van der Waals surface area contributed by atoms with Crippen molar-refractivity contribution in [1.29, 1.82) is 0 Å². The van der Waals surface area contributed by atoms with E-state index >= 15 is 0 Å². The number of nitrogens with zero attached hydrogens (tertiary/aromatic N) is 1. The second-order valence-electron chi connectivity index (χ2n) is 5.46. The number of carbonyl (C=O) groups excluding carboxylic acids is 1. The number of hydrogen-bond acceptors (Lipinski definition) is 3. The van der Waals surface area contributed by atoms with Crippen LogP contribution in [0.4, 0.5) is 0 Å². The van der Waals surface area contributed by atoms with Crippen LogP contribution >= 0.6 is 0 Å².